The van der Waals surface area contributed by atoms with Gasteiger partial charge in [-0.2, -0.15) is 0 Å². The van der Waals surface area contributed by atoms with Gasteiger partial charge in [-0.05, 0) is 41.9 Å². The first-order valence-electron chi connectivity index (χ1n) is 4.47. The van der Waals surface area contributed by atoms with Crippen LogP contribution in [0, 0.1) is 0 Å². The Kier molecular flexibility index (Phi) is 1.97. The van der Waals surface area contributed by atoms with E-state index in [1.165, 1.54) is 0 Å². The molecule has 2 aromatic heterocycles. The fourth-order valence-corrected chi connectivity index (χ4v) is 2.32. The Morgan fingerprint density at radius 1 is 1.27 bits per heavy atom. The molecule has 2 nitrogen and oxygen atoms in total. The first kappa shape index (κ1) is 9.19. The summed E-state index contributed by atoms with van der Waals surface area (Å²) in [6, 6.07) is 10.0. The molecule has 0 unspecified atom stereocenters. The van der Waals surface area contributed by atoms with Crippen molar-refractivity contribution in [2.75, 3.05) is 0 Å². The Morgan fingerprint density at radius 2 is 2.13 bits per heavy atom. The van der Waals surface area contributed by atoms with Gasteiger partial charge in [-0.25, -0.2) is 4.98 Å². The number of rotatable bonds is 0. The van der Waals surface area contributed by atoms with Crippen LogP contribution in [0.5, 0.6) is 0 Å². The summed E-state index contributed by atoms with van der Waals surface area (Å²) in [5, 5.41) is 1.59. The lowest BCUT2D eigenvalue weighted by Crippen LogP contribution is -1.90. The molecule has 0 saturated carbocycles. The lowest BCUT2D eigenvalue weighted by molar-refractivity contribution is 1.13. The third-order valence-corrected chi connectivity index (χ3v) is 3.16. The van der Waals surface area contributed by atoms with E-state index >= 15 is 0 Å². The molecule has 4 heteroatoms. The zero-order chi connectivity index (χ0) is 10.4. The molecule has 0 aliphatic carbocycles. The van der Waals surface area contributed by atoms with Gasteiger partial charge in [0.25, 0.3) is 0 Å². The number of halogens is 2. The minimum atomic E-state index is 0.487. The molecule has 0 spiro atoms. The van der Waals surface area contributed by atoms with Crippen LogP contribution in [-0.4, -0.2) is 9.38 Å². The largest absolute Gasteiger partial charge is 0.291 e. The lowest BCUT2D eigenvalue weighted by atomic mass is 10.2. The van der Waals surface area contributed by atoms with Gasteiger partial charge in [-0.1, -0.05) is 15.9 Å². The van der Waals surface area contributed by atoms with Gasteiger partial charge in [0.2, 0.25) is 5.28 Å². The van der Waals surface area contributed by atoms with Crippen LogP contribution in [-0.2, 0) is 0 Å². The Morgan fingerprint density at radius 3 is 3.00 bits per heavy atom. The highest BCUT2D eigenvalue weighted by molar-refractivity contribution is 9.10. The van der Waals surface area contributed by atoms with Crippen molar-refractivity contribution in [2.24, 2.45) is 0 Å². The molecule has 2 heterocycles. The monoisotopic (exact) mass is 280 g/mol. The summed E-state index contributed by atoms with van der Waals surface area (Å²) < 4.78 is 2.88. The van der Waals surface area contributed by atoms with Crippen molar-refractivity contribution in [1.82, 2.24) is 9.38 Å². The van der Waals surface area contributed by atoms with Crippen LogP contribution in [0.2, 0.25) is 5.28 Å². The first-order valence-corrected chi connectivity index (χ1v) is 5.64. The minimum absolute atomic E-state index is 0.487. The SMILES string of the molecule is Clc1nc2cc(Br)ccc2c2cccn12. The van der Waals surface area contributed by atoms with Crippen LogP contribution in [0.15, 0.2) is 41.0 Å². The summed E-state index contributed by atoms with van der Waals surface area (Å²) in [6.45, 7) is 0. The molecule has 0 aliphatic rings. The van der Waals surface area contributed by atoms with Crippen molar-refractivity contribution < 1.29 is 0 Å². The van der Waals surface area contributed by atoms with Gasteiger partial charge in [-0.15, -0.1) is 0 Å². The molecule has 3 rings (SSSR count). The Balaban J connectivity index is 2.60. The van der Waals surface area contributed by atoms with Gasteiger partial charge < -0.3 is 0 Å². The van der Waals surface area contributed by atoms with Crippen molar-refractivity contribution >= 4 is 44.0 Å². The molecule has 0 N–H and O–H groups in total. The molecular weight excluding hydrogens is 275 g/mol. The van der Waals surface area contributed by atoms with Crippen molar-refractivity contribution in [3.8, 4) is 0 Å². The molecule has 74 valence electrons. The van der Waals surface area contributed by atoms with Crippen LogP contribution < -0.4 is 0 Å². The molecule has 0 atom stereocenters. The van der Waals surface area contributed by atoms with E-state index in [0.29, 0.717) is 5.28 Å². The molecule has 0 aliphatic heterocycles. The third-order valence-electron chi connectivity index (χ3n) is 2.40. The Hall–Kier alpha value is -1.06. The van der Waals surface area contributed by atoms with Gasteiger partial charge in [0.1, 0.15) is 0 Å². The van der Waals surface area contributed by atoms with Crippen LogP contribution in [0.3, 0.4) is 0 Å². The average Bonchev–Trinajstić information content (AvgIpc) is 2.66. The number of aromatic nitrogens is 2. The summed E-state index contributed by atoms with van der Waals surface area (Å²) in [5.41, 5.74) is 1.98. The first-order chi connectivity index (χ1) is 7.25. The summed E-state index contributed by atoms with van der Waals surface area (Å²) in [4.78, 5) is 4.34. The van der Waals surface area contributed by atoms with Crippen molar-refractivity contribution in [1.29, 1.82) is 0 Å². The molecule has 0 radical (unpaired) electrons. The van der Waals surface area contributed by atoms with Gasteiger partial charge in [0.15, 0.2) is 0 Å². The fourth-order valence-electron chi connectivity index (χ4n) is 1.73. The smallest absolute Gasteiger partial charge is 0.207 e. The predicted octanol–water partition coefficient (Wildman–Crippen LogP) is 3.90. The molecule has 0 bridgehead atoms. The van der Waals surface area contributed by atoms with Crippen molar-refractivity contribution in [3.05, 3.63) is 46.3 Å². The van der Waals surface area contributed by atoms with Crippen molar-refractivity contribution in [3.63, 3.8) is 0 Å². The molecule has 1 aromatic carbocycles. The number of fused-ring (bicyclic) bond motifs is 3. The van der Waals surface area contributed by atoms with Crippen LogP contribution in [0.25, 0.3) is 16.4 Å². The summed E-state index contributed by atoms with van der Waals surface area (Å²) in [6.07, 6.45) is 1.91. The number of nitrogens with zero attached hydrogens (tertiary/aromatic N) is 2. The quantitative estimate of drug-likeness (QED) is 0.571. The van der Waals surface area contributed by atoms with E-state index in [1.807, 2.05) is 40.9 Å². The zero-order valence-electron chi connectivity index (χ0n) is 7.61. The van der Waals surface area contributed by atoms with E-state index in [-0.39, 0.29) is 0 Å². The van der Waals surface area contributed by atoms with Gasteiger partial charge in [0.05, 0.1) is 11.0 Å². The van der Waals surface area contributed by atoms with E-state index < -0.39 is 0 Å². The van der Waals surface area contributed by atoms with Crippen LogP contribution in [0.1, 0.15) is 0 Å². The second kappa shape index (κ2) is 3.22. The van der Waals surface area contributed by atoms with Gasteiger partial charge in [0, 0.05) is 16.1 Å². The summed E-state index contributed by atoms with van der Waals surface area (Å²) in [7, 11) is 0. The number of hydrogen-bond donors (Lipinski definition) is 0. The maximum Gasteiger partial charge on any atom is 0.207 e. The molecule has 0 amide bonds. The predicted molar refractivity (Wildman–Crippen MR) is 65.4 cm³/mol. The molecule has 3 aromatic rings. The minimum Gasteiger partial charge on any atom is -0.291 e. The maximum atomic E-state index is 6.07. The van der Waals surface area contributed by atoms with Gasteiger partial charge in [-0.3, -0.25) is 4.40 Å². The van der Waals surface area contributed by atoms with E-state index in [1.54, 1.807) is 0 Å². The topological polar surface area (TPSA) is 17.3 Å². The second-order valence-corrected chi connectivity index (χ2v) is 4.56. The van der Waals surface area contributed by atoms with Crippen molar-refractivity contribution in [2.45, 2.75) is 0 Å². The summed E-state index contributed by atoms with van der Waals surface area (Å²) >= 11 is 9.49. The highest BCUT2D eigenvalue weighted by atomic mass is 79.9. The molecule has 0 saturated heterocycles. The fraction of sp³-hybridized carbons (Fsp3) is 0. The third kappa shape index (κ3) is 1.34. The second-order valence-electron chi connectivity index (χ2n) is 3.31. The van der Waals surface area contributed by atoms with Gasteiger partial charge >= 0.3 is 0 Å². The van der Waals surface area contributed by atoms with Crippen LogP contribution in [0.4, 0.5) is 0 Å². The Bertz CT molecular complexity index is 660. The van der Waals surface area contributed by atoms with E-state index in [9.17, 15) is 0 Å². The summed E-state index contributed by atoms with van der Waals surface area (Å²) in [5.74, 6) is 0. The highest BCUT2D eigenvalue weighted by Crippen LogP contribution is 2.25. The molecular formula is C11H6BrClN2. The molecule has 15 heavy (non-hydrogen) atoms. The number of benzene rings is 1. The van der Waals surface area contributed by atoms with E-state index in [4.69, 9.17) is 11.6 Å². The van der Waals surface area contributed by atoms with Crippen LogP contribution >= 0.6 is 27.5 Å². The zero-order valence-corrected chi connectivity index (χ0v) is 9.96. The normalized spacial score (nSPS) is 11.3. The van der Waals surface area contributed by atoms with E-state index in [0.717, 1.165) is 20.9 Å². The van der Waals surface area contributed by atoms with E-state index in [2.05, 4.69) is 20.9 Å². The Labute approximate surface area is 99.6 Å². The highest BCUT2D eigenvalue weighted by Gasteiger charge is 2.05. The number of hydrogen-bond acceptors (Lipinski definition) is 1. The maximum absolute atomic E-state index is 6.07. The molecule has 0 fully saturated rings. The average molecular weight is 282 g/mol. The standard InChI is InChI=1S/C11H6BrClN2/c12-7-3-4-8-9(6-7)14-11(13)15-5-1-2-10(8)15/h1-6H. The lowest BCUT2D eigenvalue weighted by Gasteiger charge is -2.03.